The fraction of sp³-hybridized carbons (Fsp3) is 0.462. The number of hydrogen-bond acceptors (Lipinski definition) is 4. The quantitative estimate of drug-likeness (QED) is 0.484. The predicted octanol–water partition coefficient (Wildman–Crippen LogP) is 3.08. The van der Waals surface area contributed by atoms with Crippen molar-refractivity contribution >= 4 is 29.1 Å². The molecule has 1 fully saturated rings. The molecule has 0 aromatic carbocycles. The number of fused-ring (bicyclic) bond motifs is 1. The minimum absolute atomic E-state index is 0.423. The van der Waals surface area contributed by atoms with Crippen molar-refractivity contribution in [2.24, 2.45) is 0 Å². The molecule has 2 aromatic heterocycles. The molecule has 5 heteroatoms. The second kappa shape index (κ2) is 4.72. The predicted molar refractivity (Wildman–Crippen MR) is 72.2 cm³/mol. The van der Waals surface area contributed by atoms with Crippen LogP contribution in [0.3, 0.4) is 0 Å². The van der Waals surface area contributed by atoms with Crippen LogP contribution < -0.4 is 0 Å². The summed E-state index contributed by atoms with van der Waals surface area (Å²) >= 11 is 1.53. The Morgan fingerprint density at radius 3 is 2.89 bits per heavy atom. The van der Waals surface area contributed by atoms with E-state index in [4.69, 9.17) is 0 Å². The Labute approximate surface area is 110 Å². The van der Waals surface area contributed by atoms with Crippen molar-refractivity contribution in [1.29, 1.82) is 0 Å². The number of aromatic nitrogens is 3. The molecule has 2 heterocycles. The minimum atomic E-state index is 0.423. The molecule has 2 aromatic rings. The van der Waals surface area contributed by atoms with Crippen molar-refractivity contribution < 1.29 is 4.79 Å². The van der Waals surface area contributed by atoms with Gasteiger partial charge in [-0.1, -0.05) is 24.6 Å². The topological polar surface area (TPSA) is 47.8 Å². The van der Waals surface area contributed by atoms with Crippen molar-refractivity contribution in [3.63, 3.8) is 0 Å². The maximum absolute atomic E-state index is 11.2. The van der Waals surface area contributed by atoms with Crippen molar-refractivity contribution in [3.8, 4) is 0 Å². The number of rotatable bonds is 3. The maximum Gasteiger partial charge on any atom is 0.189 e. The first-order valence-corrected chi connectivity index (χ1v) is 7.43. The molecular weight excluding hydrogens is 246 g/mol. The standard InChI is InChI=1S/C13H15N3OS/c1-18-13-14-7-9-6-11(8-17)16(12(9)15-13)10-4-2-3-5-10/h6-8,10H,2-5H2,1H3. The smallest absolute Gasteiger partial charge is 0.189 e. The van der Waals surface area contributed by atoms with E-state index in [1.165, 1.54) is 24.6 Å². The van der Waals surface area contributed by atoms with Crippen LogP contribution in [0, 0.1) is 0 Å². The fourth-order valence-electron chi connectivity index (χ4n) is 2.75. The van der Waals surface area contributed by atoms with Crippen LogP contribution in [0.4, 0.5) is 0 Å². The number of aldehydes is 1. The second-order valence-corrected chi connectivity index (χ2v) is 5.40. The van der Waals surface area contributed by atoms with Gasteiger partial charge in [0.15, 0.2) is 11.4 Å². The van der Waals surface area contributed by atoms with Gasteiger partial charge in [-0.05, 0) is 25.2 Å². The van der Waals surface area contributed by atoms with Gasteiger partial charge in [0, 0.05) is 17.6 Å². The highest BCUT2D eigenvalue weighted by atomic mass is 32.2. The third-order valence-corrected chi connectivity index (χ3v) is 4.14. The van der Waals surface area contributed by atoms with Crippen LogP contribution in [0.25, 0.3) is 11.0 Å². The molecule has 0 unspecified atom stereocenters. The average molecular weight is 261 g/mol. The van der Waals surface area contributed by atoms with Gasteiger partial charge < -0.3 is 4.57 Å². The molecule has 0 aliphatic heterocycles. The third kappa shape index (κ3) is 1.82. The highest BCUT2D eigenvalue weighted by molar-refractivity contribution is 7.98. The Hall–Kier alpha value is -1.36. The average Bonchev–Trinajstić information content (AvgIpc) is 3.03. The second-order valence-electron chi connectivity index (χ2n) is 4.63. The van der Waals surface area contributed by atoms with Gasteiger partial charge in [-0.15, -0.1) is 0 Å². The van der Waals surface area contributed by atoms with Crippen molar-refractivity contribution in [2.45, 2.75) is 36.9 Å². The van der Waals surface area contributed by atoms with Gasteiger partial charge in [0.1, 0.15) is 5.65 Å². The number of thioether (sulfide) groups is 1. The summed E-state index contributed by atoms with van der Waals surface area (Å²) in [6, 6.07) is 2.32. The van der Waals surface area contributed by atoms with E-state index in [0.29, 0.717) is 6.04 Å². The molecule has 0 atom stereocenters. The molecule has 0 saturated heterocycles. The zero-order valence-electron chi connectivity index (χ0n) is 10.3. The molecule has 0 bridgehead atoms. The van der Waals surface area contributed by atoms with Gasteiger partial charge >= 0.3 is 0 Å². The summed E-state index contributed by atoms with van der Waals surface area (Å²) in [5, 5.41) is 1.72. The van der Waals surface area contributed by atoms with Crippen LogP contribution in [-0.4, -0.2) is 27.1 Å². The lowest BCUT2D eigenvalue weighted by Gasteiger charge is -2.14. The van der Waals surface area contributed by atoms with Crippen LogP contribution >= 0.6 is 11.8 Å². The van der Waals surface area contributed by atoms with Crippen molar-refractivity contribution in [3.05, 3.63) is 18.0 Å². The molecule has 18 heavy (non-hydrogen) atoms. The highest BCUT2D eigenvalue weighted by Crippen LogP contribution is 2.33. The number of nitrogens with zero attached hydrogens (tertiary/aromatic N) is 3. The first-order chi connectivity index (χ1) is 8.83. The van der Waals surface area contributed by atoms with Crippen LogP contribution in [0.15, 0.2) is 17.4 Å². The summed E-state index contributed by atoms with van der Waals surface area (Å²) in [5.74, 6) is 0. The normalized spacial score (nSPS) is 16.5. The minimum Gasteiger partial charge on any atom is -0.320 e. The largest absolute Gasteiger partial charge is 0.320 e. The summed E-state index contributed by atoms with van der Waals surface area (Å²) in [6.45, 7) is 0. The number of hydrogen-bond donors (Lipinski definition) is 0. The van der Waals surface area contributed by atoms with Gasteiger partial charge in [-0.3, -0.25) is 4.79 Å². The van der Waals surface area contributed by atoms with Crippen LogP contribution in [0.1, 0.15) is 42.2 Å². The molecule has 0 amide bonds. The first kappa shape index (κ1) is 11.7. The van der Waals surface area contributed by atoms with Gasteiger partial charge in [0.05, 0.1) is 5.69 Å². The Balaban J connectivity index is 2.20. The van der Waals surface area contributed by atoms with E-state index in [1.54, 1.807) is 0 Å². The molecule has 1 aliphatic rings. The van der Waals surface area contributed by atoms with Crippen molar-refractivity contribution in [1.82, 2.24) is 14.5 Å². The van der Waals surface area contributed by atoms with E-state index in [1.807, 2.05) is 18.5 Å². The molecule has 3 rings (SSSR count). The van der Waals surface area contributed by atoms with E-state index in [9.17, 15) is 4.79 Å². The fourth-order valence-corrected chi connectivity index (χ4v) is 3.08. The van der Waals surface area contributed by atoms with Crippen LogP contribution in [0.2, 0.25) is 0 Å². The molecule has 1 aliphatic carbocycles. The number of carbonyl (C=O) groups is 1. The summed E-state index contributed by atoms with van der Waals surface area (Å²) in [4.78, 5) is 20.1. The van der Waals surface area contributed by atoms with Crippen LogP contribution in [-0.2, 0) is 0 Å². The van der Waals surface area contributed by atoms with Gasteiger partial charge in [0.2, 0.25) is 0 Å². The number of carbonyl (C=O) groups excluding carboxylic acids is 1. The molecule has 1 saturated carbocycles. The van der Waals surface area contributed by atoms with E-state index in [0.717, 1.165) is 41.0 Å². The molecular formula is C13H15N3OS. The highest BCUT2D eigenvalue weighted by Gasteiger charge is 2.22. The monoisotopic (exact) mass is 261 g/mol. The van der Waals surface area contributed by atoms with Gasteiger partial charge in [-0.2, -0.15) is 0 Å². The maximum atomic E-state index is 11.2. The molecule has 0 radical (unpaired) electrons. The molecule has 4 nitrogen and oxygen atoms in total. The van der Waals surface area contributed by atoms with E-state index < -0.39 is 0 Å². The molecule has 94 valence electrons. The lowest BCUT2D eigenvalue weighted by Crippen LogP contribution is -2.09. The zero-order valence-corrected chi connectivity index (χ0v) is 11.1. The Morgan fingerprint density at radius 2 is 2.22 bits per heavy atom. The van der Waals surface area contributed by atoms with E-state index in [2.05, 4.69) is 14.5 Å². The Bertz CT molecular complexity index is 587. The summed E-state index contributed by atoms with van der Waals surface area (Å²) < 4.78 is 2.11. The summed E-state index contributed by atoms with van der Waals surface area (Å²) in [5.41, 5.74) is 1.63. The summed E-state index contributed by atoms with van der Waals surface area (Å²) in [6.07, 6.45) is 9.47. The Morgan fingerprint density at radius 1 is 1.44 bits per heavy atom. The van der Waals surface area contributed by atoms with Gasteiger partial charge in [-0.25, -0.2) is 9.97 Å². The Kier molecular flexibility index (Phi) is 3.07. The molecule has 0 spiro atoms. The third-order valence-electron chi connectivity index (χ3n) is 3.58. The van der Waals surface area contributed by atoms with E-state index >= 15 is 0 Å². The van der Waals surface area contributed by atoms with Crippen LogP contribution in [0.5, 0.6) is 0 Å². The molecule has 0 N–H and O–H groups in total. The lowest BCUT2D eigenvalue weighted by atomic mass is 10.2. The van der Waals surface area contributed by atoms with E-state index in [-0.39, 0.29) is 0 Å². The van der Waals surface area contributed by atoms with Crippen molar-refractivity contribution in [2.75, 3.05) is 6.26 Å². The lowest BCUT2D eigenvalue weighted by molar-refractivity contribution is 0.111. The SMILES string of the molecule is CSc1ncc2cc(C=O)n(C3CCCC3)c2n1. The summed E-state index contributed by atoms with van der Waals surface area (Å²) in [7, 11) is 0. The zero-order chi connectivity index (χ0) is 12.5. The van der Waals surface area contributed by atoms with Gasteiger partial charge in [0.25, 0.3) is 0 Å². The first-order valence-electron chi connectivity index (χ1n) is 6.20.